The molecule has 294 valence electrons. The van der Waals surface area contributed by atoms with Gasteiger partial charge in [-0.2, -0.15) is 0 Å². The van der Waals surface area contributed by atoms with E-state index in [4.69, 9.17) is 19.9 Å². The highest BCUT2D eigenvalue weighted by Gasteiger charge is 2.27. The maximum atomic E-state index is 12.9. The minimum atomic E-state index is -0.566. The number of ether oxygens (including phenoxy) is 3. The molecule has 3 aromatic heterocycles. The molecule has 2 aromatic carbocycles. The maximum absolute atomic E-state index is 12.9. The van der Waals surface area contributed by atoms with Gasteiger partial charge in [0.2, 0.25) is 0 Å². The fourth-order valence-electron chi connectivity index (χ4n) is 6.61. The number of benzene rings is 2. The topological polar surface area (TPSA) is 128 Å². The number of nitrogens with zero attached hydrogens (tertiary/aromatic N) is 3. The Morgan fingerprint density at radius 2 is 1.25 bits per heavy atom. The highest BCUT2D eigenvalue weighted by molar-refractivity contribution is 5.97. The van der Waals surface area contributed by atoms with Crippen LogP contribution in [0.15, 0.2) is 60.8 Å². The molecule has 0 saturated heterocycles. The monoisotopic (exact) mass is 750 g/mol. The number of hydrogen-bond acceptors (Lipinski definition) is 8. The normalized spacial score (nSPS) is 13.3. The summed E-state index contributed by atoms with van der Waals surface area (Å²) >= 11 is 0. The highest BCUT2D eigenvalue weighted by atomic mass is 16.6. The third-order valence-electron chi connectivity index (χ3n) is 9.02. The van der Waals surface area contributed by atoms with Crippen molar-refractivity contribution in [3.63, 3.8) is 0 Å². The lowest BCUT2D eigenvalue weighted by Crippen LogP contribution is -2.25. The van der Waals surface area contributed by atoms with Gasteiger partial charge in [-0.25, -0.2) is 14.4 Å². The molecule has 0 radical (unpaired) electrons. The first kappa shape index (κ1) is 41.1. The lowest BCUT2D eigenvalue weighted by atomic mass is 10.0. The number of fused-ring (bicyclic) bond motifs is 2. The summed E-state index contributed by atoms with van der Waals surface area (Å²) in [6.45, 7) is 21.2. The Kier molecular flexibility index (Phi) is 12.2. The molecule has 0 spiro atoms. The number of carbonyl (C=O) groups excluding carboxylic acids is 3. The quantitative estimate of drug-likeness (QED) is 0.0849. The Labute approximate surface area is 325 Å². The van der Waals surface area contributed by atoms with Gasteiger partial charge in [-0.3, -0.25) is 4.98 Å². The minimum absolute atomic E-state index is 0.294. The Bertz CT molecular complexity index is 2190. The number of nitrogens with two attached hydrogens (primary N) is 1. The second-order valence-corrected chi connectivity index (χ2v) is 17.5. The van der Waals surface area contributed by atoms with Crippen molar-refractivity contribution in [2.45, 2.75) is 119 Å². The molecule has 1 fully saturated rings. The standard InChI is InChI=1S/C28H34N2O4.C17H24N2O2/c1-17(2)16-30-24-10-7-18(11-20(24)14-25(30)27(32)34-28(3,4)5)12-23-22(26(31)33-6)13-21(15-29-23)19-8-9-19;1-11(2)10-19-14-7-6-13(18)8-12(14)9-15(19)16(20)21-17(3,4)5/h7,10-11,13-15,17,19H,8-9,12,16H2,1-6H3;6-9,11H,10,18H2,1-5H3. The first-order chi connectivity index (χ1) is 25.7. The number of nitrogen functional groups attached to an aromatic ring is 1. The summed E-state index contributed by atoms with van der Waals surface area (Å²) in [6, 6.07) is 17.6. The fourth-order valence-corrected chi connectivity index (χ4v) is 6.61. The first-order valence-corrected chi connectivity index (χ1v) is 19.3. The summed E-state index contributed by atoms with van der Waals surface area (Å²) in [5.41, 5.74) is 11.9. The molecule has 6 rings (SSSR count). The van der Waals surface area contributed by atoms with Crippen molar-refractivity contribution >= 4 is 45.4 Å². The zero-order valence-corrected chi connectivity index (χ0v) is 34.4. The van der Waals surface area contributed by atoms with Crippen LogP contribution in [0.25, 0.3) is 21.8 Å². The number of hydrogen-bond donors (Lipinski definition) is 1. The molecule has 10 nitrogen and oxygen atoms in total. The van der Waals surface area contributed by atoms with E-state index in [2.05, 4.69) is 38.7 Å². The van der Waals surface area contributed by atoms with Crippen molar-refractivity contribution in [2.75, 3.05) is 12.8 Å². The third-order valence-corrected chi connectivity index (χ3v) is 9.02. The number of esters is 3. The molecular weight excluding hydrogens is 693 g/mol. The van der Waals surface area contributed by atoms with E-state index < -0.39 is 11.2 Å². The van der Waals surface area contributed by atoms with Gasteiger partial charge in [-0.1, -0.05) is 33.8 Å². The second-order valence-electron chi connectivity index (χ2n) is 17.5. The molecular formula is C45H58N4O6. The van der Waals surface area contributed by atoms with Crippen LogP contribution in [-0.4, -0.2) is 50.3 Å². The zero-order valence-electron chi connectivity index (χ0n) is 34.4. The summed E-state index contributed by atoms with van der Waals surface area (Å²) in [5.74, 6) is 0.330. The number of carbonyl (C=O) groups is 3. The summed E-state index contributed by atoms with van der Waals surface area (Å²) in [6.07, 6.45) is 4.68. The second kappa shape index (κ2) is 16.3. The number of aromatic nitrogens is 3. The van der Waals surface area contributed by atoms with Crippen LogP contribution < -0.4 is 5.73 Å². The molecule has 55 heavy (non-hydrogen) atoms. The van der Waals surface area contributed by atoms with Crippen LogP contribution >= 0.6 is 0 Å². The van der Waals surface area contributed by atoms with Crippen LogP contribution in [0.1, 0.15) is 136 Å². The molecule has 0 aliphatic heterocycles. The summed E-state index contributed by atoms with van der Waals surface area (Å²) < 4.78 is 20.3. The van der Waals surface area contributed by atoms with Gasteiger partial charge < -0.3 is 29.1 Å². The predicted octanol–water partition coefficient (Wildman–Crippen LogP) is 9.74. The van der Waals surface area contributed by atoms with Gasteiger partial charge in [-0.05, 0) is 132 Å². The van der Waals surface area contributed by atoms with Crippen molar-refractivity contribution in [1.29, 1.82) is 0 Å². The van der Waals surface area contributed by atoms with Gasteiger partial charge in [0.25, 0.3) is 0 Å². The Morgan fingerprint density at radius 3 is 1.73 bits per heavy atom. The van der Waals surface area contributed by atoms with E-state index in [1.807, 2.05) is 105 Å². The van der Waals surface area contributed by atoms with Crippen LogP contribution in [0.3, 0.4) is 0 Å². The Morgan fingerprint density at radius 1 is 0.745 bits per heavy atom. The van der Waals surface area contributed by atoms with Gasteiger partial charge in [0.15, 0.2) is 0 Å². The van der Waals surface area contributed by atoms with Gasteiger partial charge in [0.1, 0.15) is 22.6 Å². The zero-order chi connectivity index (χ0) is 40.4. The van der Waals surface area contributed by atoms with E-state index in [1.54, 1.807) is 0 Å². The molecule has 10 heteroatoms. The smallest absolute Gasteiger partial charge is 0.355 e. The van der Waals surface area contributed by atoms with Crippen molar-refractivity contribution in [1.82, 2.24) is 14.1 Å². The molecule has 0 bridgehead atoms. The first-order valence-electron chi connectivity index (χ1n) is 19.3. The van der Waals surface area contributed by atoms with E-state index in [0.29, 0.717) is 59.1 Å². The Hall–Kier alpha value is -5.12. The summed E-state index contributed by atoms with van der Waals surface area (Å²) in [7, 11) is 1.40. The summed E-state index contributed by atoms with van der Waals surface area (Å²) in [4.78, 5) is 42.5. The van der Waals surface area contributed by atoms with E-state index in [0.717, 1.165) is 52.3 Å². The van der Waals surface area contributed by atoms with Crippen molar-refractivity contribution < 1.29 is 28.6 Å². The van der Waals surface area contributed by atoms with Gasteiger partial charge >= 0.3 is 17.9 Å². The average Bonchev–Trinajstić information content (AvgIpc) is 3.79. The third kappa shape index (κ3) is 10.6. The molecule has 1 aliphatic carbocycles. The van der Waals surface area contributed by atoms with Crippen LogP contribution in [-0.2, 0) is 33.7 Å². The predicted molar refractivity (Wildman–Crippen MR) is 219 cm³/mol. The SMILES string of the molecule is CC(C)Cn1c(C(=O)OC(C)(C)C)cc2cc(N)ccc21.COC(=O)c1cc(C2CC2)cnc1Cc1ccc2c(c1)cc(C(=O)OC(C)(C)C)n2CC(C)C. The Balaban J connectivity index is 0.000000237. The van der Waals surface area contributed by atoms with Crippen LogP contribution in [0.4, 0.5) is 5.69 Å². The molecule has 1 aliphatic rings. The molecule has 0 amide bonds. The van der Waals surface area contributed by atoms with E-state index in [1.165, 1.54) is 7.11 Å². The average molecular weight is 751 g/mol. The van der Waals surface area contributed by atoms with E-state index in [9.17, 15) is 14.4 Å². The lowest BCUT2D eigenvalue weighted by molar-refractivity contribution is 0.00451. The van der Waals surface area contributed by atoms with Gasteiger partial charge in [0, 0.05) is 53.2 Å². The molecule has 1 saturated carbocycles. The molecule has 2 N–H and O–H groups in total. The van der Waals surface area contributed by atoms with Gasteiger partial charge in [0.05, 0.1) is 18.4 Å². The minimum Gasteiger partial charge on any atom is -0.465 e. The molecule has 5 aromatic rings. The molecule has 0 atom stereocenters. The molecule has 3 heterocycles. The van der Waals surface area contributed by atoms with Crippen LogP contribution in [0.2, 0.25) is 0 Å². The summed E-state index contributed by atoms with van der Waals surface area (Å²) in [5, 5.41) is 1.93. The number of methoxy groups -OCH3 is 1. The van der Waals surface area contributed by atoms with Crippen molar-refractivity contribution in [3.8, 4) is 0 Å². The van der Waals surface area contributed by atoms with Gasteiger partial charge in [-0.15, -0.1) is 0 Å². The largest absolute Gasteiger partial charge is 0.465 e. The fraction of sp³-hybridized carbons (Fsp3) is 0.467. The van der Waals surface area contributed by atoms with Crippen LogP contribution in [0.5, 0.6) is 0 Å². The van der Waals surface area contributed by atoms with E-state index in [-0.39, 0.29) is 17.9 Å². The number of pyridine rings is 1. The lowest BCUT2D eigenvalue weighted by Gasteiger charge is -2.20. The number of rotatable bonds is 10. The maximum Gasteiger partial charge on any atom is 0.355 e. The number of anilines is 1. The van der Waals surface area contributed by atoms with Crippen LogP contribution in [0, 0.1) is 11.8 Å². The molecule has 0 unspecified atom stereocenters. The van der Waals surface area contributed by atoms with Crippen molar-refractivity contribution in [3.05, 3.63) is 94.6 Å². The van der Waals surface area contributed by atoms with E-state index >= 15 is 0 Å². The highest BCUT2D eigenvalue weighted by Crippen LogP contribution is 2.40. The van der Waals surface area contributed by atoms with Crippen molar-refractivity contribution in [2.24, 2.45) is 11.8 Å².